The van der Waals surface area contributed by atoms with Crippen molar-refractivity contribution in [3.8, 4) is 17.1 Å². The van der Waals surface area contributed by atoms with E-state index in [0.717, 1.165) is 25.9 Å². The number of aromatic hydroxyl groups is 1. The van der Waals surface area contributed by atoms with Crippen molar-refractivity contribution in [1.82, 2.24) is 25.5 Å². The molecule has 4 rings (SSSR count). The Bertz CT molecular complexity index is 944. The fourth-order valence-corrected chi connectivity index (χ4v) is 3.46. The molecule has 9 heteroatoms. The van der Waals surface area contributed by atoms with Crippen molar-refractivity contribution in [2.45, 2.75) is 12.8 Å². The van der Waals surface area contributed by atoms with Crippen LogP contribution in [0.25, 0.3) is 11.4 Å². The van der Waals surface area contributed by atoms with E-state index in [2.05, 4.69) is 20.6 Å². The monoisotopic (exact) mass is 395 g/mol. The molecular formula is C20H21N5O4. The summed E-state index contributed by atoms with van der Waals surface area (Å²) in [6.45, 7) is 1.21. The van der Waals surface area contributed by atoms with Crippen LogP contribution in [-0.2, 0) is 11.2 Å². The summed E-state index contributed by atoms with van der Waals surface area (Å²) in [7, 11) is 0. The SMILES string of the molecule is O=C(c1ccccc1-c1nn[nH]n1)N1CCC(Cc2ccc(O)cc2)C1.O=CO. The summed E-state index contributed by atoms with van der Waals surface area (Å²) >= 11 is 0. The third-order valence-electron chi connectivity index (χ3n) is 4.78. The number of likely N-dealkylation sites (tertiary alicyclic amines) is 1. The number of tetrazole rings is 1. The number of phenols is 1. The molecule has 1 unspecified atom stereocenters. The molecule has 0 radical (unpaired) electrons. The van der Waals surface area contributed by atoms with E-state index in [1.807, 2.05) is 35.2 Å². The van der Waals surface area contributed by atoms with Crippen molar-refractivity contribution in [3.05, 3.63) is 59.7 Å². The second-order valence-corrected chi connectivity index (χ2v) is 6.66. The van der Waals surface area contributed by atoms with Gasteiger partial charge in [-0.25, -0.2) is 0 Å². The molecule has 0 saturated carbocycles. The Kier molecular flexibility index (Phi) is 6.51. The summed E-state index contributed by atoms with van der Waals surface area (Å²) in [5.74, 6) is 1.11. The second-order valence-electron chi connectivity index (χ2n) is 6.66. The van der Waals surface area contributed by atoms with E-state index in [1.165, 1.54) is 5.56 Å². The van der Waals surface area contributed by atoms with E-state index in [9.17, 15) is 9.90 Å². The van der Waals surface area contributed by atoms with Gasteiger partial charge in [-0.3, -0.25) is 9.59 Å². The largest absolute Gasteiger partial charge is 0.508 e. The minimum absolute atomic E-state index is 0.00129. The molecule has 0 spiro atoms. The number of hydrogen-bond donors (Lipinski definition) is 3. The Morgan fingerprint density at radius 3 is 2.62 bits per heavy atom. The van der Waals surface area contributed by atoms with Crippen molar-refractivity contribution in [3.63, 3.8) is 0 Å². The van der Waals surface area contributed by atoms with E-state index in [0.29, 0.717) is 22.9 Å². The van der Waals surface area contributed by atoms with E-state index < -0.39 is 0 Å². The first kappa shape index (κ1) is 20.0. The highest BCUT2D eigenvalue weighted by atomic mass is 16.3. The first-order valence-corrected chi connectivity index (χ1v) is 9.10. The highest BCUT2D eigenvalue weighted by Gasteiger charge is 2.28. The molecule has 1 aromatic heterocycles. The number of rotatable bonds is 4. The zero-order valence-corrected chi connectivity index (χ0v) is 15.6. The van der Waals surface area contributed by atoms with Gasteiger partial charge in [0.15, 0.2) is 0 Å². The van der Waals surface area contributed by atoms with Gasteiger partial charge in [0.05, 0.1) is 5.56 Å². The van der Waals surface area contributed by atoms with E-state index in [-0.39, 0.29) is 18.1 Å². The van der Waals surface area contributed by atoms with Gasteiger partial charge in [-0.1, -0.05) is 30.3 Å². The molecule has 2 aromatic carbocycles. The lowest BCUT2D eigenvalue weighted by Crippen LogP contribution is -2.29. The second kappa shape index (κ2) is 9.45. The first-order chi connectivity index (χ1) is 14.1. The third-order valence-corrected chi connectivity index (χ3v) is 4.78. The van der Waals surface area contributed by atoms with Crippen LogP contribution in [0.3, 0.4) is 0 Å². The summed E-state index contributed by atoms with van der Waals surface area (Å²) in [4.78, 5) is 23.3. The number of carbonyl (C=O) groups is 2. The maximum atomic E-state index is 13.0. The number of carbonyl (C=O) groups excluding carboxylic acids is 1. The number of aromatic amines is 1. The van der Waals surface area contributed by atoms with Crippen LogP contribution >= 0.6 is 0 Å². The number of amides is 1. The van der Waals surface area contributed by atoms with Gasteiger partial charge in [-0.2, -0.15) is 5.21 Å². The highest BCUT2D eigenvalue weighted by molar-refractivity contribution is 6.00. The lowest BCUT2D eigenvalue weighted by atomic mass is 9.99. The molecule has 150 valence electrons. The van der Waals surface area contributed by atoms with Crippen LogP contribution in [-0.4, -0.2) is 61.2 Å². The molecule has 1 atom stereocenters. The summed E-state index contributed by atoms with van der Waals surface area (Å²) in [6, 6.07) is 14.6. The average Bonchev–Trinajstić information content (AvgIpc) is 3.42. The summed E-state index contributed by atoms with van der Waals surface area (Å²) < 4.78 is 0. The van der Waals surface area contributed by atoms with Crippen LogP contribution in [0.2, 0.25) is 0 Å². The van der Waals surface area contributed by atoms with Gasteiger partial charge in [0.2, 0.25) is 5.82 Å². The molecular weight excluding hydrogens is 374 g/mol. The molecule has 2 heterocycles. The Hall–Kier alpha value is -3.75. The molecule has 1 aliphatic rings. The summed E-state index contributed by atoms with van der Waals surface area (Å²) in [5, 5.41) is 30.3. The Morgan fingerprint density at radius 1 is 1.21 bits per heavy atom. The van der Waals surface area contributed by atoms with Gasteiger partial charge in [-0.15, -0.1) is 10.2 Å². The van der Waals surface area contributed by atoms with Crippen molar-refractivity contribution < 1.29 is 19.8 Å². The molecule has 3 aromatic rings. The highest BCUT2D eigenvalue weighted by Crippen LogP contribution is 2.26. The Balaban J connectivity index is 0.000000755. The number of aromatic nitrogens is 4. The Labute approximate surface area is 167 Å². The lowest BCUT2D eigenvalue weighted by Gasteiger charge is -2.18. The summed E-state index contributed by atoms with van der Waals surface area (Å²) in [5.41, 5.74) is 2.46. The lowest BCUT2D eigenvalue weighted by molar-refractivity contribution is -0.122. The fraction of sp³-hybridized carbons (Fsp3) is 0.250. The molecule has 1 fully saturated rings. The minimum atomic E-state index is -0.250. The van der Waals surface area contributed by atoms with E-state index in [1.54, 1.807) is 18.2 Å². The van der Waals surface area contributed by atoms with Gasteiger partial charge < -0.3 is 15.1 Å². The number of benzene rings is 2. The van der Waals surface area contributed by atoms with Crippen LogP contribution in [0.1, 0.15) is 22.3 Å². The maximum absolute atomic E-state index is 13.0. The smallest absolute Gasteiger partial charge is 0.290 e. The predicted molar refractivity (Wildman–Crippen MR) is 104 cm³/mol. The van der Waals surface area contributed by atoms with Crippen LogP contribution in [0.4, 0.5) is 0 Å². The number of nitrogens with zero attached hydrogens (tertiary/aromatic N) is 4. The quantitative estimate of drug-likeness (QED) is 0.575. The van der Waals surface area contributed by atoms with E-state index >= 15 is 0 Å². The van der Waals surface area contributed by atoms with Gasteiger partial charge >= 0.3 is 0 Å². The van der Waals surface area contributed by atoms with Gasteiger partial charge in [-0.05, 0) is 47.7 Å². The maximum Gasteiger partial charge on any atom is 0.290 e. The molecule has 1 amide bonds. The normalized spacial score (nSPS) is 15.4. The number of H-pyrrole nitrogens is 1. The fourth-order valence-electron chi connectivity index (χ4n) is 3.46. The van der Waals surface area contributed by atoms with E-state index in [4.69, 9.17) is 9.90 Å². The van der Waals surface area contributed by atoms with Crippen LogP contribution in [0.15, 0.2) is 48.5 Å². The van der Waals surface area contributed by atoms with Crippen molar-refractivity contribution >= 4 is 12.4 Å². The molecule has 0 bridgehead atoms. The number of nitrogens with one attached hydrogen (secondary N) is 1. The van der Waals surface area contributed by atoms with Crippen LogP contribution in [0, 0.1) is 5.92 Å². The van der Waals surface area contributed by atoms with Gasteiger partial charge in [0.25, 0.3) is 12.4 Å². The molecule has 9 nitrogen and oxygen atoms in total. The van der Waals surface area contributed by atoms with Gasteiger partial charge in [0, 0.05) is 18.7 Å². The standard InChI is InChI=1S/C19H19N5O2.CH2O2/c25-15-7-5-13(6-8-15)11-14-9-10-24(12-14)19(26)17-4-2-1-3-16(17)18-20-22-23-21-18;2-1-3/h1-8,14,25H,9-12H2,(H,20,21,22,23);1H,(H,2,3). The average molecular weight is 395 g/mol. The number of hydrogen-bond acceptors (Lipinski definition) is 6. The van der Waals surface area contributed by atoms with Crippen molar-refractivity contribution in [2.75, 3.05) is 13.1 Å². The predicted octanol–water partition coefficient (Wildman–Crippen LogP) is 1.98. The molecule has 1 saturated heterocycles. The minimum Gasteiger partial charge on any atom is -0.508 e. The van der Waals surface area contributed by atoms with Crippen molar-refractivity contribution in [1.29, 1.82) is 0 Å². The van der Waals surface area contributed by atoms with Gasteiger partial charge in [0.1, 0.15) is 5.75 Å². The zero-order valence-electron chi connectivity index (χ0n) is 15.6. The topological polar surface area (TPSA) is 132 Å². The van der Waals surface area contributed by atoms with Crippen molar-refractivity contribution in [2.24, 2.45) is 5.92 Å². The number of carboxylic acid groups (broad SMARTS) is 1. The number of phenolic OH excluding ortho intramolecular Hbond substituents is 1. The molecule has 1 aliphatic heterocycles. The molecule has 0 aliphatic carbocycles. The third kappa shape index (κ3) is 4.95. The van der Waals surface area contributed by atoms with Crippen LogP contribution < -0.4 is 0 Å². The molecule has 3 N–H and O–H groups in total. The summed E-state index contributed by atoms with van der Waals surface area (Å²) in [6.07, 6.45) is 1.87. The molecule has 29 heavy (non-hydrogen) atoms. The zero-order chi connectivity index (χ0) is 20.6. The first-order valence-electron chi connectivity index (χ1n) is 9.10. The Morgan fingerprint density at radius 2 is 1.93 bits per heavy atom. The van der Waals surface area contributed by atoms with Crippen LogP contribution in [0.5, 0.6) is 5.75 Å².